The summed E-state index contributed by atoms with van der Waals surface area (Å²) in [7, 11) is -0.861. The molecule has 10 rings (SSSR count). The minimum atomic E-state index is -2.97. The molecule has 10 aromatic rings. The molecule has 0 aliphatic rings. The number of phenols is 2. The summed E-state index contributed by atoms with van der Waals surface area (Å²) in [6, 6.07) is 41.6. The number of hydrogen-bond acceptors (Lipinski definition) is 4. The summed E-state index contributed by atoms with van der Waals surface area (Å²) in [6.45, 7) is 74.6. The summed E-state index contributed by atoms with van der Waals surface area (Å²) in [5.41, 5.74) is 17.4. The smallest absolute Gasteiger partial charge is 0 e. The van der Waals surface area contributed by atoms with E-state index in [9.17, 15) is 19.7 Å². The minimum absolute atomic E-state index is 0. The second kappa shape index (κ2) is 31.2. The molecule has 1 radical (unpaired) electrons. The summed E-state index contributed by atoms with van der Waals surface area (Å²) >= 11 is -2.97. The zero-order valence-corrected chi connectivity index (χ0v) is 76.1. The van der Waals surface area contributed by atoms with Crippen LogP contribution >= 0.6 is 0 Å². The van der Waals surface area contributed by atoms with Crippen molar-refractivity contribution in [2.24, 2.45) is 10.8 Å². The zero-order valence-electron chi connectivity index (χ0n) is 71.2. The van der Waals surface area contributed by atoms with E-state index in [0.717, 1.165) is 90.0 Å². The van der Waals surface area contributed by atoms with E-state index in [2.05, 4.69) is 312 Å². The Morgan fingerprint density at radius 2 is 0.717 bits per heavy atom. The van der Waals surface area contributed by atoms with Crippen molar-refractivity contribution in [3.63, 3.8) is 0 Å². The number of aromatic hydroxyl groups is 2. The van der Waals surface area contributed by atoms with Crippen LogP contribution in [0.5, 0.6) is 17.2 Å². The van der Waals surface area contributed by atoms with Gasteiger partial charge in [-0.15, -0.1) is 8.07 Å². The van der Waals surface area contributed by atoms with Gasteiger partial charge in [0.15, 0.2) is 0 Å². The van der Waals surface area contributed by atoms with Crippen molar-refractivity contribution in [2.75, 3.05) is 10.9 Å². The summed E-state index contributed by atoms with van der Waals surface area (Å²) < 4.78 is 42.7. The molecule has 3 N–H and O–H groups in total. The number of fused-ring (bicyclic) bond motifs is 6. The van der Waals surface area contributed by atoms with Gasteiger partial charge in [0.2, 0.25) is 0 Å². The van der Waals surface area contributed by atoms with E-state index in [1.54, 1.807) is 12.1 Å². The average molecular weight is 1550 g/mol. The Morgan fingerprint density at radius 1 is 0.425 bits per heavy atom. The molecule has 0 fully saturated rings. The third-order valence-corrected chi connectivity index (χ3v) is 34.0. The molecule has 0 aliphatic heterocycles. The van der Waals surface area contributed by atoms with Crippen molar-refractivity contribution in [3.05, 3.63) is 190 Å². The molecule has 2 heterocycles. The Hall–Kier alpha value is -5.79. The molecule has 6 nitrogen and oxygen atoms in total. The fourth-order valence-corrected chi connectivity index (χ4v) is 22.7. The van der Waals surface area contributed by atoms with Crippen LogP contribution in [-0.4, -0.2) is 56.7 Å². The van der Waals surface area contributed by atoms with Gasteiger partial charge >= 0.3 is 294 Å². The van der Waals surface area contributed by atoms with Gasteiger partial charge < -0.3 is 16.2 Å². The van der Waals surface area contributed by atoms with Crippen molar-refractivity contribution in [1.29, 1.82) is 0 Å². The van der Waals surface area contributed by atoms with Gasteiger partial charge in [-0.1, -0.05) is 162 Å². The number of aromatic nitrogens is 2. The number of halogens is 2. The molecule has 8 aromatic carbocycles. The standard InChI is InChI=1S/C49H68FGeNO3.C42H52FNO.C4H11Si.Sc/c1-30(2)51(28-53,31(3)4)29-55-45-32(5)21-36(50)26-40(45)39-22-35(49(15,16)27-46(6,7)8)25-43(44(39)54)52-41-23-33(47(9,10)11)17-19-37(41)38-20-18-34(24-42(38)52)48(12,13)14;1-25-18-30(43)23-33(26(25)2)34-19-29(42(12,13)24-39(3,4)5)22-37(38(34)45)44-35-20-27(40(6,7)8)14-16-31(35)32-17-15-28(21-36(32)44)41(9,10)11;1-5(2,3)4;/h17-26,30-31,53-54H,27-29H2,1-16H3;14-23,45H,24H2,1-13H3;1H2,2-4H3;/q;;-1;. The zero-order chi connectivity index (χ0) is 79.2. The summed E-state index contributed by atoms with van der Waals surface area (Å²) in [6.07, 6.45) is 1.83. The van der Waals surface area contributed by atoms with Gasteiger partial charge in [-0.05, 0) is 112 Å². The van der Waals surface area contributed by atoms with Crippen LogP contribution in [0.4, 0.5) is 8.78 Å². The van der Waals surface area contributed by atoms with Crippen molar-refractivity contribution in [1.82, 2.24) is 9.13 Å². The van der Waals surface area contributed by atoms with Crippen molar-refractivity contribution in [3.8, 4) is 50.9 Å². The fraction of sp³-hybridized carbons (Fsp3) is 0.484. The number of nitrogens with zero attached hydrogens (tertiary/aromatic N) is 2. The third kappa shape index (κ3) is 19.3. The maximum atomic E-state index is 15.7. The average Bonchev–Trinajstić information content (AvgIpc) is 1.53. The van der Waals surface area contributed by atoms with Gasteiger partial charge in [0.05, 0.1) is 16.7 Å². The first-order valence-electron chi connectivity index (χ1n) is 38.4. The van der Waals surface area contributed by atoms with Crippen molar-refractivity contribution >= 4 is 65.0 Å². The molecule has 0 aliphatic carbocycles. The van der Waals surface area contributed by atoms with E-state index in [1.165, 1.54) is 34.4 Å². The van der Waals surface area contributed by atoms with E-state index in [-0.39, 0.29) is 97.7 Å². The molecular formula is C95H131F2GeN2O4ScSi-. The van der Waals surface area contributed by atoms with Crippen LogP contribution in [0.15, 0.2) is 121 Å². The molecule has 0 saturated heterocycles. The van der Waals surface area contributed by atoms with Gasteiger partial charge in [0.1, 0.15) is 11.6 Å². The Kier molecular flexibility index (Phi) is 25.7. The first-order chi connectivity index (χ1) is 47.8. The van der Waals surface area contributed by atoms with Crippen LogP contribution in [0.2, 0.25) is 29.1 Å². The number of aliphatic hydroxyl groups excluding tert-OH is 1. The molecule has 0 spiro atoms. The molecule has 0 bridgehead atoms. The molecule has 0 unspecified atom stereocenters. The first kappa shape index (κ1) is 87.4. The van der Waals surface area contributed by atoms with Crippen LogP contribution < -0.4 is 4.74 Å². The Bertz CT molecular complexity index is 4700. The van der Waals surface area contributed by atoms with E-state index in [1.807, 2.05) is 20.8 Å². The normalized spacial score (nSPS) is 13.2. The number of ether oxygens (including phenoxy) is 1. The SMILES string of the molecule is Cc1cc(F)cc(-c2cc(C(C)(C)CC(C)(C)C)cc(-n3c4cc(C(C)(C)C)ccc4c4ccc(C(C)(C)C)cc43)c2O)c1C.Cc1cc(F)cc(-c2cc(C(C)(C)CC(C)(C)C)cc(-n3c4cc(C(C)(C)C)ccc4c4ccc(C(C)(C)C)cc43)c2O)c1O[CH2][Ge]([CH2]O)([CH](C)C)[CH](C)C.[CH2-][Si](C)(C)C.[Sc]. The van der Waals surface area contributed by atoms with Crippen molar-refractivity contribution < 1.29 is 54.7 Å². The summed E-state index contributed by atoms with van der Waals surface area (Å²) in [5.74, 6) is 0.123. The van der Waals surface area contributed by atoms with Gasteiger partial charge in [-0.3, -0.25) is 0 Å². The van der Waals surface area contributed by atoms with Gasteiger partial charge in [-0.25, -0.2) is 4.39 Å². The van der Waals surface area contributed by atoms with Crippen LogP contribution in [0.25, 0.3) is 77.2 Å². The van der Waals surface area contributed by atoms with E-state index in [4.69, 9.17) is 4.74 Å². The van der Waals surface area contributed by atoms with Crippen LogP contribution in [0, 0.1) is 49.8 Å². The van der Waals surface area contributed by atoms with Crippen LogP contribution in [-0.2, 0) is 58.3 Å². The predicted octanol–water partition coefficient (Wildman–Crippen LogP) is 27.5. The monoisotopic (exact) mass is 1550 g/mol. The molecule has 2 aromatic heterocycles. The number of aryl methyl sites for hydroxylation is 2. The topological polar surface area (TPSA) is 79.8 Å². The van der Waals surface area contributed by atoms with E-state index in [0.29, 0.717) is 48.6 Å². The van der Waals surface area contributed by atoms with Crippen LogP contribution in [0.1, 0.15) is 243 Å². The minimum Gasteiger partial charge on any atom is -0.342 e. The third-order valence-electron chi connectivity index (χ3n) is 21.7. The fourth-order valence-electron chi connectivity index (χ4n) is 15.9. The van der Waals surface area contributed by atoms with E-state index >= 15 is 4.39 Å². The molecule has 571 valence electrons. The maximum Gasteiger partial charge on any atom is 0 e. The number of aliphatic hydroxyl groups is 1. The predicted molar refractivity (Wildman–Crippen MR) is 456 cm³/mol. The van der Waals surface area contributed by atoms with Gasteiger partial charge in [-0.2, -0.15) is 0 Å². The van der Waals surface area contributed by atoms with Crippen molar-refractivity contribution in [2.45, 2.75) is 275 Å². The molecule has 0 amide bonds. The Balaban J connectivity index is 0.000000280. The number of benzene rings is 8. The van der Waals surface area contributed by atoms with Gasteiger partial charge in [0.25, 0.3) is 0 Å². The molecule has 106 heavy (non-hydrogen) atoms. The second-order valence-electron chi connectivity index (χ2n) is 40.7. The number of phenolic OH excluding ortho intramolecular Hbond substituents is 2. The number of rotatable bonds is 14. The number of hydrogen-bond donors (Lipinski definition) is 3. The molecular weight excluding hydrogens is 1420 g/mol. The first-order valence-corrected chi connectivity index (χ1v) is 47.5. The maximum absolute atomic E-state index is 15.7. The van der Waals surface area contributed by atoms with Gasteiger partial charge in [0, 0.05) is 42.2 Å². The molecule has 0 saturated carbocycles. The van der Waals surface area contributed by atoms with Crippen LogP contribution in [0.3, 0.4) is 0 Å². The summed E-state index contributed by atoms with van der Waals surface area (Å²) in [5, 5.41) is 40.6. The molecule has 0 atom stereocenters. The van der Waals surface area contributed by atoms with E-state index < -0.39 is 21.3 Å². The Morgan fingerprint density at radius 3 is 1.00 bits per heavy atom. The molecule has 11 heteroatoms. The quantitative estimate of drug-likeness (QED) is 0.0749. The summed E-state index contributed by atoms with van der Waals surface area (Å²) in [4.78, 5) is 0. The Labute approximate surface area is 661 Å². The largest absolute Gasteiger partial charge is 0.342 e. The second-order valence-corrected chi connectivity index (χ2v) is 57.1.